The molecule has 1 N–H and O–H groups in total. The first-order valence-corrected chi connectivity index (χ1v) is 12.1. The number of ether oxygens (including phenoxy) is 1. The Morgan fingerprint density at radius 1 is 1.16 bits per heavy atom. The van der Waals surface area contributed by atoms with Gasteiger partial charge in [-0.2, -0.15) is 4.31 Å². The molecule has 2 heterocycles. The van der Waals surface area contributed by atoms with E-state index in [4.69, 9.17) is 16.3 Å². The number of sulfonamides is 1. The van der Waals surface area contributed by atoms with E-state index in [1.165, 1.54) is 16.4 Å². The van der Waals surface area contributed by atoms with E-state index in [0.717, 1.165) is 34.9 Å². The maximum Gasteiger partial charge on any atom is 0.252 e. The highest BCUT2D eigenvalue weighted by atomic mass is 35.5. The second-order valence-corrected chi connectivity index (χ2v) is 10.4. The lowest BCUT2D eigenvalue weighted by Gasteiger charge is -2.25. The van der Waals surface area contributed by atoms with Crippen LogP contribution >= 0.6 is 11.6 Å². The molecular formula is C23H25ClN2O4S. The summed E-state index contributed by atoms with van der Waals surface area (Å²) in [5, 5.41) is 1.36. The molecule has 1 aromatic heterocycles. The van der Waals surface area contributed by atoms with Crippen LogP contribution in [0.3, 0.4) is 0 Å². The molecule has 0 unspecified atom stereocenters. The van der Waals surface area contributed by atoms with Gasteiger partial charge in [0.15, 0.2) is 0 Å². The van der Waals surface area contributed by atoms with E-state index >= 15 is 0 Å². The summed E-state index contributed by atoms with van der Waals surface area (Å²) in [5.74, 6) is 0. The third kappa shape index (κ3) is 4.70. The molecule has 1 aliphatic rings. The van der Waals surface area contributed by atoms with E-state index in [2.05, 4.69) is 4.98 Å². The van der Waals surface area contributed by atoms with E-state index in [9.17, 15) is 13.2 Å². The Morgan fingerprint density at radius 2 is 1.90 bits per heavy atom. The highest BCUT2D eigenvalue weighted by Gasteiger charge is 2.30. The van der Waals surface area contributed by atoms with Crippen molar-refractivity contribution in [2.75, 3.05) is 13.2 Å². The molecule has 0 amide bonds. The van der Waals surface area contributed by atoms with Crippen LogP contribution in [0.2, 0.25) is 5.02 Å². The zero-order chi connectivity index (χ0) is 22.2. The molecule has 6 nitrogen and oxygen atoms in total. The number of nitrogens with zero attached hydrogens (tertiary/aromatic N) is 1. The minimum Gasteiger partial charge on any atom is -0.377 e. The van der Waals surface area contributed by atoms with E-state index in [1.54, 1.807) is 18.2 Å². The smallest absolute Gasteiger partial charge is 0.252 e. The Labute approximate surface area is 186 Å². The molecule has 0 aliphatic carbocycles. The van der Waals surface area contributed by atoms with Crippen LogP contribution < -0.4 is 5.56 Å². The molecular weight excluding hydrogens is 436 g/mol. The van der Waals surface area contributed by atoms with Crippen molar-refractivity contribution in [2.45, 2.75) is 44.2 Å². The minimum absolute atomic E-state index is 0.0383. The van der Waals surface area contributed by atoms with Crippen LogP contribution in [0.25, 0.3) is 10.9 Å². The van der Waals surface area contributed by atoms with Gasteiger partial charge < -0.3 is 9.72 Å². The number of nitrogens with one attached hydrogen (secondary N) is 1. The van der Waals surface area contributed by atoms with Crippen LogP contribution in [-0.4, -0.2) is 37.0 Å². The Kier molecular flexibility index (Phi) is 6.21. The number of fused-ring (bicyclic) bond motifs is 1. The molecule has 164 valence electrons. The lowest BCUT2D eigenvalue weighted by atomic mass is 10.0. The quantitative estimate of drug-likeness (QED) is 0.598. The SMILES string of the molecule is Cc1cc(C)c2cc(CN(C[C@@H]3CCCO3)S(=O)(=O)c3ccc(Cl)cc3)c(=O)[nH]c2c1. The topological polar surface area (TPSA) is 79.5 Å². The minimum atomic E-state index is -3.85. The normalized spacial score (nSPS) is 17.0. The first kappa shape index (κ1) is 22.0. The number of hydrogen-bond donors (Lipinski definition) is 1. The van der Waals surface area contributed by atoms with Crippen LogP contribution in [-0.2, 0) is 21.3 Å². The summed E-state index contributed by atoms with van der Waals surface area (Å²) in [6.07, 6.45) is 1.50. The van der Waals surface area contributed by atoms with Gasteiger partial charge in [0.1, 0.15) is 0 Å². The summed E-state index contributed by atoms with van der Waals surface area (Å²) in [4.78, 5) is 15.9. The number of aromatic amines is 1. The Morgan fingerprint density at radius 3 is 2.58 bits per heavy atom. The Hall–Kier alpha value is -2.19. The van der Waals surface area contributed by atoms with Gasteiger partial charge in [0, 0.05) is 41.2 Å². The van der Waals surface area contributed by atoms with Gasteiger partial charge in [-0.15, -0.1) is 0 Å². The molecule has 4 rings (SSSR count). The van der Waals surface area contributed by atoms with Crippen molar-refractivity contribution in [3.8, 4) is 0 Å². The second kappa shape index (κ2) is 8.74. The molecule has 8 heteroatoms. The second-order valence-electron chi connectivity index (χ2n) is 8.05. The van der Waals surface area contributed by atoms with E-state index in [0.29, 0.717) is 17.2 Å². The maximum absolute atomic E-state index is 13.4. The molecule has 2 aromatic carbocycles. The van der Waals surface area contributed by atoms with Crippen molar-refractivity contribution >= 4 is 32.5 Å². The van der Waals surface area contributed by atoms with Crippen LogP contribution in [0, 0.1) is 13.8 Å². The molecule has 3 aromatic rings. The first-order valence-electron chi connectivity index (χ1n) is 10.2. The summed E-state index contributed by atoms with van der Waals surface area (Å²) in [6.45, 7) is 4.72. The molecule has 0 bridgehead atoms. The van der Waals surface area contributed by atoms with Crippen LogP contribution in [0.4, 0.5) is 0 Å². The Balaban J connectivity index is 1.74. The molecule has 0 radical (unpaired) electrons. The molecule has 0 spiro atoms. The van der Waals surface area contributed by atoms with Gasteiger partial charge in [-0.3, -0.25) is 4.79 Å². The number of pyridine rings is 1. The number of H-pyrrole nitrogens is 1. The molecule has 0 saturated carbocycles. The largest absolute Gasteiger partial charge is 0.377 e. The zero-order valence-electron chi connectivity index (χ0n) is 17.5. The zero-order valence-corrected chi connectivity index (χ0v) is 19.1. The highest BCUT2D eigenvalue weighted by molar-refractivity contribution is 7.89. The van der Waals surface area contributed by atoms with Gasteiger partial charge in [-0.05, 0) is 74.2 Å². The monoisotopic (exact) mass is 460 g/mol. The molecule has 1 fully saturated rings. The van der Waals surface area contributed by atoms with Gasteiger partial charge in [0.2, 0.25) is 10.0 Å². The lowest BCUT2D eigenvalue weighted by molar-refractivity contribution is 0.0925. The van der Waals surface area contributed by atoms with E-state index in [1.807, 2.05) is 26.0 Å². The van der Waals surface area contributed by atoms with E-state index in [-0.39, 0.29) is 29.6 Å². The molecule has 1 atom stereocenters. The predicted octanol–water partition coefficient (Wildman–Crippen LogP) is 4.17. The van der Waals surface area contributed by atoms with Crippen molar-refractivity contribution in [2.24, 2.45) is 0 Å². The number of benzene rings is 2. The van der Waals surface area contributed by atoms with Crippen molar-refractivity contribution in [3.05, 3.63) is 74.5 Å². The average molecular weight is 461 g/mol. The van der Waals surface area contributed by atoms with Crippen molar-refractivity contribution in [1.29, 1.82) is 0 Å². The third-order valence-corrected chi connectivity index (χ3v) is 7.70. The van der Waals surface area contributed by atoms with Gasteiger partial charge in [-0.25, -0.2) is 8.42 Å². The van der Waals surface area contributed by atoms with Gasteiger partial charge >= 0.3 is 0 Å². The molecule has 31 heavy (non-hydrogen) atoms. The number of aromatic nitrogens is 1. The fourth-order valence-corrected chi connectivity index (χ4v) is 5.62. The number of halogens is 1. The van der Waals surface area contributed by atoms with Gasteiger partial charge in [0.25, 0.3) is 5.56 Å². The number of rotatable bonds is 6. The van der Waals surface area contributed by atoms with E-state index < -0.39 is 10.0 Å². The summed E-state index contributed by atoms with van der Waals surface area (Å²) in [5.41, 5.74) is 2.94. The highest BCUT2D eigenvalue weighted by Crippen LogP contribution is 2.24. The van der Waals surface area contributed by atoms with Gasteiger partial charge in [0.05, 0.1) is 11.0 Å². The standard InChI is InChI=1S/C23H25ClN2O4S/c1-15-10-16(2)21-12-17(23(27)25-22(21)11-15)13-26(14-19-4-3-9-30-19)31(28,29)20-7-5-18(24)6-8-20/h5-8,10-12,19H,3-4,9,13-14H2,1-2H3,(H,25,27)/t19-/m0/s1. The van der Waals surface area contributed by atoms with Gasteiger partial charge in [-0.1, -0.05) is 17.7 Å². The maximum atomic E-state index is 13.4. The summed E-state index contributed by atoms with van der Waals surface area (Å²) >= 11 is 5.94. The number of aryl methyl sites for hydroxylation is 2. The summed E-state index contributed by atoms with van der Waals surface area (Å²) in [7, 11) is -3.85. The van der Waals surface area contributed by atoms with Crippen LogP contribution in [0.1, 0.15) is 29.5 Å². The molecule has 1 saturated heterocycles. The lowest BCUT2D eigenvalue weighted by Crippen LogP contribution is -2.38. The third-order valence-electron chi connectivity index (χ3n) is 5.62. The van der Waals surface area contributed by atoms with Crippen LogP contribution in [0.5, 0.6) is 0 Å². The predicted molar refractivity (Wildman–Crippen MR) is 122 cm³/mol. The van der Waals surface area contributed by atoms with Crippen LogP contribution in [0.15, 0.2) is 52.2 Å². The summed E-state index contributed by atoms with van der Waals surface area (Å²) < 4.78 is 33.9. The first-order chi connectivity index (χ1) is 14.7. The fourth-order valence-electron chi connectivity index (χ4n) is 4.04. The van der Waals surface area contributed by atoms with Crippen molar-refractivity contribution in [3.63, 3.8) is 0 Å². The fraction of sp³-hybridized carbons (Fsp3) is 0.348. The summed E-state index contributed by atoms with van der Waals surface area (Å²) in [6, 6.07) is 11.8. The van der Waals surface area contributed by atoms with Crippen molar-refractivity contribution in [1.82, 2.24) is 9.29 Å². The number of hydrogen-bond acceptors (Lipinski definition) is 4. The average Bonchev–Trinajstić information content (AvgIpc) is 3.22. The molecule has 1 aliphatic heterocycles. The van der Waals surface area contributed by atoms with Crippen molar-refractivity contribution < 1.29 is 13.2 Å². The Bertz CT molecular complexity index is 1260.